The van der Waals surface area contributed by atoms with Crippen LogP contribution in [0.2, 0.25) is 0 Å². The first kappa shape index (κ1) is 18.8. The molecule has 1 atom stereocenters. The summed E-state index contributed by atoms with van der Waals surface area (Å²) in [6.07, 6.45) is 2.49. The van der Waals surface area contributed by atoms with Crippen molar-refractivity contribution in [2.45, 2.75) is 84.8 Å². The largest absolute Gasteiger partial charge is 0.379 e. The van der Waals surface area contributed by atoms with Crippen LogP contribution in [0.5, 0.6) is 0 Å². The number of nitrogens with one attached hydrogen (secondary N) is 1. The third-order valence-corrected chi connectivity index (χ3v) is 2.81. The van der Waals surface area contributed by atoms with Crippen LogP contribution in [-0.4, -0.2) is 42.3 Å². The predicted octanol–water partition coefficient (Wildman–Crippen LogP) is 2.69. The van der Waals surface area contributed by atoms with Gasteiger partial charge in [-0.2, -0.15) is 0 Å². The molecule has 0 aliphatic heterocycles. The van der Waals surface area contributed by atoms with E-state index in [1.165, 1.54) is 0 Å². The minimum absolute atomic E-state index is 0.118. The molecule has 0 aliphatic rings. The van der Waals surface area contributed by atoms with Crippen molar-refractivity contribution < 1.29 is 14.6 Å². The summed E-state index contributed by atoms with van der Waals surface area (Å²) in [4.78, 5) is 0. The van der Waals surface area contributed by atoms with E-state index in [-0.39, 0.29) is 17.7 Å². The molecule has 0 rings (SSSR count). The van der Waals surface area contributed by atoms with Crippen LogP contribution >= 0.6 is 0 Å². The summed E-state index contributed by atoms with van der Waals surface area (Å²) in [5.74, 6) is 0. The van der Waals surface area contributed by atoms with Gasteiger partial charge in [-0.15, -0.1) is 0 Å². The summed E-state index contributed by atoms with van der Waals surface area (Å²) >= 11 is 0. The van der Waals surface area contributed by atoms with Gasteiger partial charge >= 0.3 is 0 Å². The van der Waals surface area contributed by atoms with Crippen molar-refractivity contribution in [3.8, 4) is 0 Å². The van der Waals surface area contributed by atoms with Gasteiger partial charge in [-0.3, -0.25) is 5.32 Å². The van der Waals surface area contributed by atoms with Crippen LogP contribution in [0.25, 0.3) is 0 Å². The molecule has 0 aromatic rings. The fourth-order valence-corrected chi connectivity index (χ4v) is 1.74. The molecular formula is C15H33NO3. The van der Waals surface area contributed by atoms with Crippen LogP contribution in [0, 0.1) is 0 Å². The van der Waals surface area contributed by atoms with Gasteiger partial charge in [0, 0.05) is 18.8 Å². The highest BCUT2D eigenvalue weighted by molar-refractivity contribution is 4.78. The zero-order valence-electron chi connectivity index (χ0n) is 13.5. The van der Waals surface area contributed by atoms with Crippen molar-refractivity contribution in [2.75, 3.05) is 13.2 Å². The summed E-state index contributed by atoms with van der Waals surface area (Å²) in [6.45, 7) is 13.7. The molecule has 0 aromatic carbocycles. The number of hydrogen-bond acceptors (Lipinski definition) is 4. The van der Waals surface area contributed by atoms with Crippen LogP contribution < -0.4 is 5.32 Å². The molecule has 116 valence electrons. The fraction of sp³-hybridized carbons (Fsp3) is 1.00. The smallest absolute Gasteiger partial charge is 0.105 e. The monoisotopic (exact) mass is 275 g/mol. The Kier molecular flexibility index (Phi) is 9.62. The molecule has 0 spiro atoms. The Morgan fingerprint density at radius 2 is 1.53 bits per heavy atom. The van der Waals surface area contributed by atoms with E-state index >= 15 is 0 Å². The van der Waals surface area contributed by atoms with Crippen LogP contribution in [-0.2, 0) is 9.47 Å². The molecule has 0 saturated carbocycles. The van der Waals surface area contributed by atoms with E-state index in [1.54, 1.807) is 0 Å². The molecule has 4 nitrogen and oxygen atoms in total. The molecule has 0 amide bonds. The molecule has 1 unspecified atom stereocenters. The molecule has 0 aromatic heterocycles. The average Bonchev–Trinajstić information content (AvgIpc) is 2.22. The van der Waals surface area contributed by atoms with Gasteiger partial charge in [0.05, 0.1) is 12.2 Å². The Morgan fingerprint density at radius 3 is 2.05 bits per heavy atom. The second-order valence-electron chi connectivity index (χ2n) is 6.28. The fourth-order valence-electron chi connectivity index (χ4n) is 1.74. The average molecular weight is 275 g/mol. The maximum absolute atomic E-state index is 9.95. The molecule has 4 heteroatoms. The van der Waals surface area contributed by atoms with Gasteiger partial charge < -0.3 is 14.6 Å². The van der Waals surface area contributed by atoms with E-state index in [9.17, 15) is 5.11 Å². The van der Waals surface area contributed by atoms with Crippen molar-refractivity contribution in [3.05, 3.63) is 0 Å². The molecule has 19 heavy (non-hydrogen) atoms. The van der Waals surface area contributed by atoms with Gasteiger partial charge in [0.2, 0.25) is 0 Å². The number of aliphatic hydroxyl groups is 1. The van der Waals surface area contributed by atoms with Gasteiger partial charge in [0.15, 0.2) is 0 Å². The minimum atomic E-state index is -0.482. The van der Waals surface area contributed by atoms with Gasteiger partial charge in [0.25, 0.3) is 0 Å². The summed E-state index contributed by atoms with van der Waals surface area (Å²) < 4.78 is 11.0. The molecule has 0 heterocycles. The lowest BCUT2D eigenvalue weighted by atomic mass is 10.0. The Morgan fingerprint density at radius 1 is 1.00 bits per heavy atom. The van der Waals surface area contributed by atoms with Gasteiger partial charge in [-0.05, 0) is 60.8 Å². The second kappa shape index (κ2) is 9.70. The summed E-state index contributed by atoms with van der Waals surface area (Å²) in [6, 6.07) is 0. The highest BCUT2D eigenvalue weighted by Gasteiger charge is 2.20. The van der Waals surface area contributed by atoms with Crippen LogP contribution in [0.15, 0.2) is 0 Å². The Hall–Kier alpha value is -0.160. The first-order valence-corrected chi connectivity index (χ1v) is 7.42. The van der Waals surface area contributed by atoms with E-state index in [1.807, 2.05) is 27.7 Å². The third kappa shape index (κ3) is 12.6. The van der Waals surface area contributed by atoms with Crippen LogP contribution in [0.3, 0.4) is 0 Å². The van der Waals surface area contributed by atoms with Gasteiger partial charge in [0.1, 0.15) is 6.23 Å². The lowest BCUT2D eigenvalue weighted by molar-refractivity contribution is 0.0344. The van der Waals surface area contributed by atoms with Crippen molar-refractivity contribution in [1.82, 2.24) is 5.32 Å². The van der Waals surface area contributed by atoms with Crippen LogP contribution in [0.1, 0.15) is 60.8 Å². The van der Waals surface area contributed by atoms with E-state index < -0.39 is 6.23 Å². The highest BCUT2D eigenvalue weighted by atomic mass is 16.5. The molecule has 0 fully saturated rings. The van der Waals surface area contributed by atoms with Crippen LogP contribution in [0.4, 0.5) is 0 Å². The summed E-state index contributed by atoms with van der Waals surface area (Å²) in [7, 11) is 0. The topological polar surface area (TPSA) is 50.7 Å². The first-order valence-electron chi connectivity index (χ1n) is 7.42. The molecule has 0 aliphatic carbocycles. The molecule has 2 N–H and O–H groups in total. The maximum atomic E-state index is 9.95. The maximum Gasteiger partial charge on any atom is 0.105 e. The predicted molar refractivity (Wildman–Crippen MR) is 79.2 cm³/mol. The Bertz CT molecular complexity index is 217. The van der Waals surface area contributed by atoms with Crippen molar-refractivity contribution in [3.63, 3.8) is 0 Å². The Balaban J connectivity index is 3.73. The number of aliphatic hydroxyl groups excluding tert-OH is 1. The second-order valence-corrected chi connectivity index (χ2v) is 6.28. The molecule has 0 radical (unpaired) electrons. The van der Waals surface area contributed by atoms with Gasteiger partial charge in [-0.1, -0.05) is 0 Å². The van der Waals surface area contributed by atoms with E-state index in [4.69, 9.17) is 9.47 Å². The Labute approximate surface area is 118 Å². The quantitative estimate of drug-likeness (QED) is 0.450. The standard InChI is InChI=1S/C15H33NO3/c1-12(2)18-10-7-8-14(17)16-15(5,6)9-11-19-13(3)4/h12-14,16-17H,7-11H2,1-6H3. The molecular weight excluding hydrogens is 242 g/mol. The zero-order valence-corrected chi connectivity index (χ0v) is 13.5. The van der Waals surface area contributed by atoms with Gasteiger partial charge in [-0.25, -0.2) is 0 Å². The van der Waals surface area contributed by atoms with E-state index in [0.29, 0.717) is 19.6 Å². The highest BCUT2D eigenvalue weighted by Crippen LogP contribution is 2.11. The minimum Gasteiger partial charge on any atom is -0.379 e. The normalized spacial score (nSPS) is 14.4. The SMILES string of the molecule is CC(C)OCCCC(O)NC(C)(C)CCOC(C)C. The molecule has 0 saturated heterocycles. The first-order chi connectivity index (χ1) is 8.73. The van der Waals surface area contributed by atoms with E-state index in [0.717, 1.165) is 12.8 Å². The molecule has 0 bridgehead atoms. The van der Waals surface area contributed by atoms with E-state index in [2.05, 4.69) is 19.2 Å². The van der Waals surface area contributed by atoms with Crippen molar-refractivity contribution in [1.29, 1.82) is 0 Å². The number of ether oxygens (including phenoxy) is 2. The number of hydrogen-bond donors (Lipinski definition) is 2. The zero-order chi connectivity index (χ0) is 14.9. The third-order valence-electron chi connectivity index (χ3n) is 2.81. The lowest BCUT2D eigenvalue weighted by Crippen LogP contribution is -2.46. The summed E-state index contributed by atoms with van der Waals surface area (Å²) in [5.41, 5.74) is -0.118. The number of rotatable bonds is 11. The van der Waals surface area contributed by atoms with Crippen molar-refractivity contribution >= 4 is 0 Å². The lowest BCUT2D eigenvalue weighted by Gasteiger charge is -2.30. The summed E-state index contributed by atoms with van der Waals surface area (Å²) in [5, 5.41) is 13.2. The van der Waals surface area contributed by atoms with Crippen molar-refractivity contribution in [2.24, 2.45) is 0 Å².